The molecule has 1 aliphatic carbocycles. The van der Waals surface area contributed by atoms with Crippen molar-refractivity contribution in [2.75, 3.05) is 13.1 Å². The van der Waals surface area contributed by atoms with Crippen molar-refractivity contribution in [2.45, 2.75) is 58.4 Å². The van der Waals surface area contributed by atoms with Crippen LogP contribution in [0.25, 0.3) is 0 Å². The third-order valence-corrected chi connectivity index (χ3v) is 4.27. The molecule has 98 valence electrons. The van der Waals surface area contributed by atoms with Gasteiger partial charge in [-0.25, -0.2) is 0 Å². The monoisotopic (exact) mass is 238 g/mol. The highest BCUT2D eigenvalue weighted by molar-refractivity contribution is 5.83. The maximum atomic E-state index is 12.4. The quantitative estimate of drug-likeness (QED) is 0.787. The second-order valence-electron chi connectivity index (χ2n) is 6.23. The summed E-state index contributed by atoms with van der Waals surface area (Å²) < 4.78 is 0. The van der Waals surface area contributed by atoms with Crippen molar-refractivity contribution in [3.8, 4) is 0 Å². The fraction of sp³-hybridized carbons (Fsp3) is 0.929. The molecule has 2 rings (SSSR count). The molecule has 3 nitrogen and oxygen atoms in total. The van der Waals surface area contributed by atoms with E-state index in [0.717, 1.165) is 45.2 Å². The number of rotatable bonds is 4. The number of piperidine rings is 1. The van der Waals surface area contributed by atoms with Crippen molar-refractivity contribution in [3.05, 3.63) is 0 Å². The normalized spacial score (nSPS) is 24.4. The molecule has 17 heavy (non-hydrogen) atoms. The molecule has 0 spiro atoms. The Morgan fingerprint density at radius 1 is 1.35 bits per heavy atom. The predicted octanol–water partition coefficient (Wildman–Crippen LogP) is 2.07. The van der Waals surface area contributed by atoms with Gasteiger partial charge in [-0.2, -0.15) is 0 Å². The van der Waals surface area contributed by atoms with Crippen LogP contribution in [0.5, 0.6) is 0 Å². The molecule has 0 aromatic rings. The largest absolute Gasteiger partial charge is 0.353 e. The van der Waals surface area contributed by atoms with Gasteiger partial charge in [0.15, 0.2) is 0 Å². The highest BCUT2D eigenvalue weighted by atomic mass is 16.2. The van der Waals surface area contributed by atoms with Crippen LogP contribution in [0.2, 0.25) is 0 Å². The van der Waals surface area contributed by atoms with E-state index in [0.29, 0.717) is 17.9 Å². The molecule has 2 aliphatic rings. The molecule has 1 heterocycles. The first-order chi connectivity index (χ1) is 8.12. The second-order valence-corrected chi connectivity index (χ2v) is 6.23. The first kappa shape index (κ1) is 12.9. The SMILES string of the molecule is CC(C)CC1(C(=O)NC2CCNCC2)CCC1. The standard InChI is InChI=1S/C14H26N2O/c1-11(2)10-14(6-3-7-14)13(17)16-12-4-8-15-9-5-12/h11-12,15H,3-10H2,1-2H3,(H,16,17). The summed E-state index contributed by atoms with van der Waals surface area (Å²) in [4.78, 5) is 12.4. The van der Waals surface area contributed by atoms with E-state index in [-0.39, 0.29) is 5.41 Å². The van der Waals surface area contributed by atoms with Gasteiger partial charge in [0.1, 0.15) is 0 Å². The van der Waals surface area contributed by atoms with E-state index in [1.54, 1.807) is 0 Å². The van der Waals surface area contributed by atoms with Crippen LogP contribution in [-0.4, -0.2) is 25.0 Å². The second kappa shape index (κ2) is 5.38. The number of hydrogen-bond donors (Lipinski definition) is 2. The molecule has 0 unspecified atom stereocenters. The van der Waals surface area contributed by atoms with E-state index < -0.39 is 0 Å². The van der Waals surface area contributed by atoms with Crippen molar-refractivity contribution in [1.29, 1.82) is 0 Å². The van der Waals surface area contributed by atoms with Crippen LogP contribution in [0, 0.1) is 11.3 Å². The van der Waals surface area contributed by atoms with E-state index in [2.05, 4.69) is 24.5 Å². The molecule has 0 aromatic heterocycles. The summed E-state index contributed by atoms with van der Waals surface area (Å²) in [7, 11) is 0. The van der Waals surface area contributed by atoms with E-state index in [9.17, 15) is 4.79 Å². The summed E-state index contributed by atoms with van der Waals surface area (Å²) in [6.07, 6.45) is 6.66. The van der Waals surface area contributed by atoms with Crippen LogP contribution >= 0.6 is 0 Å². The first-order valence-electron chi connectivity index (χ1n) is 7.14. The van der Waals surface area contributed by atoms with Gasteiger partial charge in [-0.3, -0.25) is 4.79 Å². The van der Waals surface area contributed by atoms with Crippen LogP contribution in [0.4, 0.5) is 0 Å². The van der Waals surface area contributed by atoms with Gasteiger partial charge in [0, 0.05) is 11.5 Å². The minimum Gasteiger partial charge on any atom is -0.353 e. The van der Waals surface area contributed by atoms with E-state index >= 15 is 0 Å². The van der Waals surface area contributed by atoms with Gasteiger partial charge in [-0.15, -0.1) is 0 Å². The summed E-state index contributed by atoms with van der Waals surface area (Å²) in [5.74, 6) is 0.957. The Labute approximate surface area is 105 Å². The molecular weight excluding hydrogens is 212 g/mol. The zero-order valence-electron chi connectivity index (χ0n) is 11.2. The Balaban J connectivity index is 1.88. The Bertz CT molecular complexity index is 265. The molecule has 2 N–H and O–H groups in total. The molecular formula is C14H26N2O. The van der Waals surface area contributed by atoms with Crippen LogP contribution in [-0.2, 0) is 4.79 Å². The molecule has 0 atom stereocenters. The van der Waals surface area contributed by atoms with Gasteiger partial charge in [-0.05, 0) is 51.1 Å². The summed E-state index contributed by atoms with van der Waals surface area (Å²) in [5.41, 5.74) is -0.0148. The van der Waals surface area contributed by atoms with Crippen LogP contribution < -0.4 is 10.6 Å². The fourth-order valence-electron chi connectivity index (χ4n) is 3.21. The average Bonchev–Trinajstić information content (AvgIpc) is 2.24. The lowest BCUT2D eigenvalue weighted by Gasteiger charge is -2.42. The van der Waals surface area contributed by atoms with Crippen LogP contribution in [0.15, 0.2) is 0 Å². The molecule has 1 saturated heterocycles. The molecule has 1 saturated carbocycles. The molecule has 0 radical (unpaired) electrons. The molecule has 3 heteroatoms. The Kier molecular flexibility index (Phi) is 4.08. The van der Waals surface area contributed by atoms with E-state index in [1.165, 1.54) is 6.42 Å². The maximum absolute atomic E-state index is 12.4. The lowest BCUT2D eigenvalue weighted by Crippen LogP contribution is -2.51. The van der Waals surface area contributed by atoms with Crippen molar-refractivity contribution in [3.63, 3.8) is 0 Å². The van der Waals surface area contributed by atoms with Crippen molar-refractivity contribution < 1.29 is 4.79 Å². The minimum absolute atomic E-state index is 0.0148. The first-order valence-corrected chi connectivity index (χ1v) is 7.14. The summed E-state index contributed by atoms with van der Waals surface area (Å²) in [6.45, 7) is 6.53. The van der Waals surface area contributed by atoms with Crippen molar-refractivity contribution in [1.82, 2.24) is 10.6 Å². The third kappa shape index (κ3) is 3.01. The number of carbonyl (C=O) groups excluding carboxylic acids is 1. The highest BCUT2D eigenvalue weighted by Crippen LogP contribution is 2.46. The van der Waals surface area contributed by atoms with Crippen LogP contribution in [0.1, 0.15) is 52.4 Å². The van der Waals surface area contributed by atoms with Gasteiger partial charge in [-0.1, -0.05) is 20.3 Å². The zero-order chi connectivity index (χ0) is 12.3. The summed E-state index contributed by atoms with van der Waals surface area (Å²) in [5, 5.41) is 6.62. The molecule has 0 aromatic carbocycles. The highest BCUT2D eigenvalue weighted by Gasteiger charge is 2.44. The zero-order valence-corrected chi connectivity index (χ0v) is 11.2. The van der Waals surface area contributed by atoms with Crippen molar-refractivity contribution in [2.24, 2.45) is 11.3 Å². The number of carbonyl (C=O) groups is 1. The molecule has 2 fully saturated rings. The number of amides is 1. The Morgan fingerprint density at radius 2 is 2.00 bits per heavy atom. The van der Waals surface area contributed by atoms with Gasteiger partial charge < -0.3 is 10.6 Å². The maximum Gasteiger partial charge on any atom is 0.226 e. The average molecular weight is 238 g/mol. The third-order valence-electron chi connectivity index (χ3n) is 4.27. The molecule has 1 aliphatic heterocycles. The van der Waals surface area contributed by atoms with Gasteiger partial charge in [0.05, 0.1) is 0 Å². The van der Waals surface area contributed by atoms with Gasteiger partial charge >= 0.3 is 0 Å². The van der Waals surface area contributed by atoms with Crippen molar-refractivity contribution >= 4 is 5.91 Å². The Hall–Kier alpha value is -0.570. The smallest absolute Gasteiger partial charge is 0.226 e. The number of nitrogens with one attached hydrogen (secondary N) is 2. The van der Waals surface area contributed by atoms with Gasteiger partial charge in [0.2, 0.25) is 5.91 Å². The lowest BCUT2D eigenvalue weighted by atomic mass is 9.64. The Morgan fingerprint density at radius 3 is 2.47 bits per heavy atom. The molecule has 1 amide bonds. The topological polar surface area (TPSA) is 41.1 Å². The van der Waals surface area contributed by atoms with E-state index in [1.807, 2.05) is 0 Å². The van der Waals surface area contributed by atoms with Gasteiger partial charge in [0.25, 0.3) is 0 Å². The number of hydrogen-bond acceptors (Lipinski definition) is 2. The van der Waals surface area contributed by atoms with E-state index in [4.69, 9.17) is 0 Å². The minimum atomic E-state index is -0.0148. The summed E-state index contributed by atoms with van der Waals surface area (Å²) >= 11 is 0. The fourth-order valence-corrected chi connectivity index (χ4v) is 3.21. The summed E-state index contributed by atoms with van der Waals surface area (Å²) in [6, 6.07) is 0.411. The lowest BCUT2D eigenvalue weighted by molar-refractivity contribution is -0.138. The predicted molar refractivity (Wildman–Crippen MR) is 69.8 cm³/mol. The molecule has 0 bridgehead atoms. The van der Waals surface area contributed by atoms with Crippen LogP contribution in [0.3, 0.4) is 0 Å².